The third-order valence-electron chi connectivity index (χ3n) is 4.95. The van der Waals surface area contributed by atoms with E-state index >= 15 is 0 Å². The number of aromatic nitrogens is 2. The van der Waals surface area contributed by atoms with E-state index in [1.165, 1.54) is 11.3 Å². The maximum absolute atomic E-state index is 13.1. The Morgan fingerprint density at radius 1 is 1.12 bits per heavy atom. The van der Waals surface area contributed by atoms with Gasteiger partial charge >= 0.3 is 5.97 Å². The highest BCUT2D eigenvalue weighted by atomic mass is 32.2. The molecule has 168 valence electrons. The highest BCUT2D eigenvalue weighted by Crippen LogP contribution is 2.29. The molecule has 0 aliphatic carbocycles. The molecular formula is C23H26N4O3S2. The zero-order chi connectivity index (χ0) is 23.1. The molecule has 0 spiro atoms. The average Bonchev–Trinajstić information content (AvgIpc) is 3.20. The molecule has 2 aromatic carbocycles. The molecule has 0 saturated heterocycles. The SMILES string of the molecule is CSCCC(NC(=O)c1ccc(CNc2nnc(C)s2)cc1-c1ccccc1C)C(=O)O. The summed E-state index contributed by atoms with van der Waals surface area (Å²) >= 11 is 3.03. The number of carbonyl (C=O) groups is 2. The lowest BCUT2D eigenvalue weighted by atomic mass is 9.93. The first-order chi connectivity index (χ1) is 15.4. The molecule has 0 fully saturated rings. The Morgan fingerprint density at radius 2 is 1.91 bits per heavy atom. The van der Waals surface area contributed by atoms with Crippen molar-refractivity contribution in [2.75, 3.05) is 17.3 Å². The van der Waals surface area contributed by atoms with Crippen molar-refractivity contribution in [3.63, 3.8) is 0 Å². The minimum Gasteiger partial charge on any atom is -0.480 e. The van der Waals surface area contributed by atoms with Crippen LogP contribution in [0.1, 0.15) is 32.9 Å². The van der Waals surface area contributed by atoms with E-state index in [1.54, 1.807) is 17.8 Å². The quantitative estimate of drug-likeness (QED) is 0.404. The fourth-order valence-electron chi connectivity index (χ4n) is 3.27. The lowest BCUT2D eigenvalue weighted by molar-refractivity contribution is -0.139. The first kappa shape index (κ1) is 23.7. The largest absolute Gasteiger partial charge is 0.480 e. The van der Waals surface area contributed by atoms with E-state index in [4.69, 9.17) is 0 Å². The maximum atomic E-state index is 13.1. The molecule has 1 atom stereocenters. The first-order valence-electron chi connectivity index (χ1n) is 10.1. The van der Waals surface area contributed by atoms with Gasteiger partial charge in [0.2, 0.25) is 5.13 Å². The summed E-state index contributed by atoms with van der Waals surface area (Å²) in [6.07, 6.45) is 2.28. The number of anilines is 1. The van der Waals surface area contributed by atoms with Crippen LogP contribution < -0.4 is 10.6 Å². The lowest BCUT2D eigenvalue weighted by Crippen LogP contribution is -2.41. The van der Waals surface area contributed by atoms with E-state index in [-0.39, 0.29) is 0 Å². The minimum atomic E-state index is -1.03. The number of aryl methyl sites for hydroxylation is 2. The van der Waals surface area contributed by atoms with Gasteiger partial charge in [-0.25, -0.2) is 4.79 Å². The van der Waals surface area contributed by atoms with Crippen molar-refractivity contribution in [2.24, 2.45) is 0 Å². The molecule has 0 radical (unpaired) electrons. The van der Waals surface area contributed by atoms with Gasteiger partial charge in [-0.1, -0.05) is 41.7 Å². The number of nitrogens with one attached hydrogen (secondary N) is 2. The first-order valence-corrected chi connectivity index (χ1v) is 12.4. The summed E-state index contributed by atoms with van der Waals surface area (Å²) in [7, 11) is 0. The number of aliphatic carboxylic acids is 1. The molecule has 1 aromatic heterocycles. The van der Waals surface area contributed by atoms with Crippen LogP contribution in [0.25, 0.3) is 11.1 Å². The van der Waals surface area contributed by atoms with Crippen LogP contribution in [0.3, 0.4) is 0 Å². The van der Waals surface area contributed by atoms with E-state index in [0.29, 0.717) is 24.3 Å². The van der Waals surface area contributed by atoms with Gasteiger partial charge in [0.05, 0.1) is 0 Å². The fraction of sp³-hybridized carbons (Fsp3) is 0.304. The van der Waals surface area contributed by atoms with Gasteiger partial charge in [-0.3, -0.25) is 4.79 Å². The summed E-state index contributed by atoms with van der Waals surface area (Å²) in [5.41, 5.74) is 4.16. The Labute approximate surface area is 195 Å². The van der Waals surface area contributed by atoms with Gasteiger partial charge in [0.25, 0.3) is 5.91 Å². The molecule has 7 nitrogen and oxygen atoms in total. The molecule has 3 rings (SSSR count). The number of carboxylic acid groups (broad SMARTS) is 1. The van der Waals surface area contributed by atoms with Crippen molar-refractivity contribution in [1.82, 2.24) is 15.5 Å². The molecule has 1 unspecified atom stereocenters. The van der Waals surface area contributed by atoms with Gasteiger partial charge in [0.1, 0.15) is 11.0 Å². The van der Waals surface area contributed by atoms with E-state index < -0.39 is 17.9 Å². The van der Waals surface area contributed by atoms with Crippen LogP contribution in [0.4, 0.5) is 5.13 Å². The van der Waals surface area contributed by atoms with E-state index in [1.807, 2.05) is 56.5 Å². The van der Waals surface area contributed by atoms with E-state index in [0.717, 1.165) is 32.4 Å². The number of rotatable bonds is 10. The van der Waals surface area contributed by atoms with Crippen LogP contribution in [0.15, 0.2) is 42.5 Å². The average molecular weight is 471 g/mol. The zero-order valence-electron chi connectivity index (χ0n) is 18.2. The molecule has 0 aliphatic heterocycles. The predicted octanol–water partition coefficient (Wildman–Crippen LogP) is 4.37. The highest BCUT2D eigenvalue weighted by Gasteiger charge is 2.22. The molecule has 0 bridgehead atoms. The lowest BCUT2D eigenvalue weighted by Gasteiger charge is -2.17. The molecule has 32 heavy (non-hydrogen) atoms. The third kappa shape index (κ3) is 6.08. The zero-order valence-corrected chi connectivity index (χ0v) is 19.8. The topological polar surface area (TPSA) is 104 Å². The van der Waals surface area contributed by atoms with Crippen LogP contribution in [-0.4, -0.2) is 45.2 Å². The van der Waals surface area contributed by atoms with Crippen LogP contribution in [-0.2, 0) is 11.3 Å². The van der Waals surface area contributed by atoms with Crippen molar-refractivity contribution in [1.29, 1.82) is 0 Å². The predicted molar refractivity (Wildman–Crippen MR) is 130 cm³/mol. The Morgan fingerprint density at radius 3 is 2.56 bits per heavy atom. The van der Waals surface area contributed by atoms with Gasteiger partial charge in [-0.05, 0) is 66.7 Å². The van der Waals surface area contributed by atoms with Gasteiger partial charge in [-0.15, -0.1) is 10.2 Å². The number of benzene rings is 2. The molecule has 0 saturated carbocycles. The second-order valence-electron chi connectivity index (χ2n) is 7.32. The summed E-state index contributed by atoms with van der Waals surface area (Å²) in [6.45, 7) is 4.42. The number of carbonyl (C=O) groups excluding carboxylic acids is 1. The summed E-state index contributed by atoms with van der Waals surface area (Å²) in [5.74, 6) is -0.772. The van der Waals surface area contributed by atoms with Gasteiger partial charge in [-0.2, -0.15) is 11.8 Å². The third-order valence-corrected chi connectivity index (χ3v) is 6.39. The Bertz CT molecular complexity index is 1100. The second-order valence-corrected chi connectivity index (χ2v) is 9.49. The van der Waals surface area contributed by atoms with Gasteiger partial charge in [0.15, 0.2) is 0 Å². The molecule has 1 heterocycles. The normalized spacial score (nSPS) is 11.7. The maximum Gasteiger partial charge on any atom is 0.326 e. The molecule has 3 aromatic rings. The van der Waals surface area contributed by atoms with Crippen LogP contribution in [0.2, 0.25) is 0 Å². The van der Waals surface area contributed by atoms with E-state index in [2.05, 4.69) is 20.8 Å². The smallest absolute Gasteiger partial charge is 0.326 e. The van der Waals surface area contributed by atoms with Crippen molar-refractivity contribution in [3.05, 3.63) is 64.2 Å². The number of amides is 1. The molecule has 1 amide bonds. The monoisotopic (exact) mass is 470 g/mol. The molecule has 3 N–H and O–H groups in total. The van der Waals surface area contributed by atoms with Crippen LogP contribution in [0.5, 0.6) is 0 Å². The van der Waals surface area contributed by atoms with Crippen molar-refractivity contribution in [2.45, 2.75) is 32.9 Å². The van der Waals surface area contributed by atoms with Crippen LogP contribution in [0, 0.1) is 13.8 Å². The Hall–Kier alpha value is -2.91. The summed E-state index contributed by atoms with van der Waals surface area (Å²) in [4.78, 5) is 24.7. The summed E-state index contributed by atoms with van der Waals surface area (Å²) < 4.78 is 0. The summed E-state index contributed by atoms with van der Waals surface area (Å²) in [6, 6.07) is 12.5. The van der Waals surface area contributed by atoms with Crippen molar-refractivity contribution < 1.29 is 14.7 Å². The number of hydrogen-bond acceptors (Lipinski definition) is 7. The standard InChI is InChI=1S/C23H26N4O3S2/c1-14-6-4-5-7-17(14)19-12-16(13-24-23-27-26-15(2)32-23)8-9-18(19)21(28)25-20(22(29)30)10-11-31-3/h4-9,12,20H,10-11,13H2,1-3H3,(H,24,27)(H,25,28)(H,29,30). The number of nitrogens with zero attached hydrogens (tertiary/aromatic N) is 2. The fourth-order valence-corrected chi connectivity index (χ4v) is 4.33. The summed E-state index contributed by atoms with van der Waals surface area (Å²) in [5, 5.41) is 25.2. The Balaban J connectivity index is 1.91. The number of carboxylic acids is 1. The van der Waals surface area contributed by atoms with Gasteiger partial charge < -0.3 is 15.7 Å². The molecule has 9 heteroatoms. The number of thioether (sulfide) groups is 1. The van der Waals surface area contributed by atoms with Gasteiger partial charge in [0, 0.05) is 12.1 Å². The van der Waals surface area contributed by atoms with Crippen LogP contribution >= 0.6 is 23.1 Å². The highest BCUT2D eigenvalue weighted by molar-refractivity contribution is 7.98. The van der Waals surface area contributed by atoms with Crippen molar-refractivity contribution in [3.8, 4) is 11.1 Å². The van der Waals surface area contributed by atoms with E-state index in [9.17, 15) is 14.7 Å². The second kappa shape index (κ2) is 11.1. The number of hydrogen-bond donors (Lipinski definition) is 3. The minimum absolute atomic E-state index is 0.366. The van der Waals surface area contributed by atoms with Crippen molar-refractivity contribution >= 4 is 40.1 Å². The Kier molecular flexibility index (Phi) is 8.24. The molecular weight excluding hydrogens is 444 g/mol. The molecule has 0 aliphatic rings.